The molecule has 30 heavy (non-hydrogen) atoms. The second kappa shape index (κ2) is 11.4. The summed E-state index contributed by atoms with van der Waals surface area (Å²) in [5.41, 5.74) is 3.26. The van der Waals surface area contributed by atoms with Crippen LogP contribution >= 0.6 is 0 Å². The fourth-order valence-electron chi connectivity index (χ4n) is 3.21. The van der Waals surface area contributed by atoms with E-state index in [2.05, 4.69) is 5.32 Å². The maximum Gasteiger partial charge on any atom is 0.261 e. The second-order valence-electron chi connectivity index (χ2n) is 8.20. The minimum Gasteiger partial charge on any atom is -0.483 e. The summed E-state index contributed by atoms with van der Waals surface area (Å²) < 4.78 is 5.79. The van der Waals surface area contributed by atoms with E-state index in [0.717, 1.165) is 16.7 Å². The van der Waals surface area contributed by atoms with Gasteiger partial charge in [0.15, 0.2) is 6.61 Å². The Kier molecular flexibility index (Phi) is 8.90. The van der Waals surface area contributed by atoms with Gasteiger partial charge < -0.3 is 15.0 Å². The maximum atomic E-state index is 13.0. The molecule has 1 N–H and O–H groups in total. The Balaban J connectivity index is 2.07. The Hall–Kier alpha value is -2.82. The number of hydrogen-bond acceptors (Lipinski definition) is 3. The second-order valence-corrected chi connectivity index (χ2v) is 8.20. The van der Waals surface area contributed by atoms with Crippen LogP contribution in [0.15, 0.2) is 48.5 Å². The van der Waals surface area contributed by atoms with Crippen LogP contribution < -0.4 is 10.1 Å². The first kappa shape index (κ1) is 23.5. The number of nitrogens with zero attached hydrogens (tertiary/aromatic N) is 1. The number of ether oxygens (including phenoxy) is 1. The lowest BCUT2D eigenvalue weighted by Gasteiger charge is -2.29. The third-order valence-corrected chi connectivity index (χ3v) is 5.02. The van der Waals surface area contributed by atoms with E-state index in [1.807, 2.05) is 76.2 Å². The van der Waals surface area contributed by atoms with Gasteiger partial charge in [-0.3, -0.25) is 9.59 Å². The van der Waals surface area contributed by atoms with Crippen molar-refractivity contribution in [3.63, 3.8) is 0 Å². The monoisotopic (exact) mass is 410 g/mol. The maximum absolute atomic E-state index is 13.0. The zero-order valence-corrected chi connectivity index (χ0v) is 18.8. The number of hydrogen-bond donors (Lipinski definition) is 1. The Bertz CT molecular complexity index is 834. The molecule has 0 saturated carbocycles. The molecule has 0 aliphatic heterocycles. The highest BCUT2D eigenvalue weighted by Crippen LogP contribution is 2.19. The van der Waals surface area contributed by atoms with Gasteiger partial charge in [0.25, 0.3) is 5.91 Å². The molecule has 5 heteroatoms. The molecule has 0 aromatic heterocycles. The Morgan fingerprint density at radius 2 is 1.73 bits per heavy atom. The van der Waals surface area contributed by atoms with Gasteiger partial charge in [-0.25, -0.2) is 0 Å². The summed E-state index contributed by atoms with van der Waals surface area (Å²) in [6.07, 6.45) is 0.679. The normalized spacial score (nSPS) is 11.8. The van der Waals surface area contributed by atoms with Crippen LogP contribution in [0.5, 0.6) is 5.75 Å². The molecular weight excluding hydrogens is 376 g/mol. The van der Waals surface area contributed by atoms with E-state index < -0.39 is 6.04 Å². The average Bonchev–Trinajstić information content (AvgIpc) is 2.72. The zero-order valence-electron chi connectivity index (χ0n) is 18.8. The molecule has 0 fully saturated rings. The van der Waals surface area contributed by atoms with Crippen molar-refractivity contribution in [2.75, 3.05) is 19.7 Å². The predicted octanol–water partition coefficient (Wildman–Crippen LogP) is 3.91. The van der Waals surface area contributed by atoms with Gasteiger partial charge in [0.1, 0.15) is 11.8 Å². The smallest absolute Gasteiger partial charge is 0.261 e. The predicted molar refractivity (Wildman–Crippen MR) is 121 cm³/mol. The van der Waals surface area contributed by atoms with Crippen molar-refractivity contribution in [1.82, 2.24) is 10.2 Å². The SMILES string of the molecule is Cc1ccc(OCC(=O)N(CCc2ccccc2)[C@H](C)C(=O)NCC(C)C)c(C)c1. The van der Waals surface area contributed by atoms with Crippen molar-refractivity contribution >= 4 is 11.8 Å². The van der Waals surface area contributed by atoms with Crippen LogP contribution in [0, 0.1) is 19.8 Å². The van der Waals surface area contributed by atoms with E-state index in [1.54, 1.807) is 11.8 Å². The summed E-state index contributed by atoms with van der Waals surface area (Å²) in [7, 11) is 0. The van der Waals surface area contributed by atoms with E-state index >= 15 is 0 Å². The van der Waals surface area contributed by atoms with Gasteiger partial charge in [0, 0.05) is 13.1 Å². The van der Waals surface area contributed by atoms with Gasteiger partial charge in [-0.2, -0.15) is 0 Å². The van der Waals surface area contributed by atoms with Crippen LogP contribution in [0.1, 0.15) is 37.5 Å². The molecule has 0 aliphatic rings. The van der Waals surface area contributed by atoms with Crippen LogP contribution in [0.4, 0.5) is 0 Å². The largest absolute Gasteiger partial charge is 0.483 e. The van der Waals surface area contributed by atoms with E-state index in [9.17, 15) is 9.59 Å². The third kappa shape index (κ3) is 7.21. The molecule has 5 nitrogen and oxygen atoms in total. The van der Waals surface area contributed by atoms with Crippen LogP contribution in [0.25, 0.3) is 0 Å². The third-order valence-electron chi connectivity index (χ3n) is 5.02. The molecule has 2 aromatic rings. The van der Waals surface area contributed by atoms with Gasteiger partial charge in [-0.05, 0) is 50.3 Å². The van der Waals surface area contributed by atoms with E-state index in [4.69, 9.17) is 4.74 Å². The van der Waals surface area contributed by atoms with Gasteiger partial charge in [-0.15, -0.1) is 0 Å². The van der Waals surface area contributed by atoms with E-state index in [1.165, 1.54) is 0 Å². The first-order valence-corrected chi connectivity index (χ1v) is 10.6. The molecular formula is C25H34N2O3. The van der Waals surface area contributed by atoms with Gasteiger partial charge in [0.05, 0.1) is 0 Å². The lowest BCUT2D eigenvalue weighted by molar-refractivity contribution is -0.141. The summed E-state index contributed by atoms with van der Waals surface area (Å²) in [5.74, 6) is 0.700. The van der Waals surface area contributed by atoms with Crippen molar-refractivity contribution in [2.24, 2.45) is 5.92 Å². The van der Waals surface area contributed by atoms with Gasteiger partial charge in [-0.1, -0.05) is 61.9 Å². The topological polar surface area (TPSA) is 58.6 Å². The van der Waals surface area contributed by atoms with Crippen molar-refractivity contribution in [3.05, 3.63) is 65.2 Å². The molecule has 0 heterocycles. The number of nitrogens with one attached hydrogen (secondary N) is 1. The van der Waals surface area contributed by atoms with Crippen LogP contribution in [-0.2, 0) is 16.0 Å². The highest BCUT2D eigenvalue weighted by Gasteiger charge is 2.26. The van der Waals surface area contributed by atoms with Crippen molar-refractivity contribution in [3.8, 4) is 5.75 Å². The lowest BCUT2D eigenvalue weighted by atomic mass is 10.1. The minimum atomic E-state index is -0.567. The summed E-state index contributed by atoms with van der Waals surface area (Å²) in [5, 5.41) is 2.93. The van der Waals surface area contributed by atoms with Crippen LogP contribution in [0.2, 0.25) is 0 Å². The highest BCUT2D eigenvalue weighted by molar-refractivity contribution is 5.88. The summed E-state index contributed by atoms with van der Waals surface area (Å²) in [6, 6.07) is 15.3. The van der Waals surface area contributed by atoms with E-state index in [0.29, 0.717) is 31.2 Å². The molecule has 162 valence electrons. The fourth-order valence-corrected chi connectivity index (χ4v) is 3.21. The number of rotatable bonds is 10. The first-order chi connectivity index (χ1) is 14.3. The fraction of sp³-hybridized carbons (Fsp3) is 0.440. The lowest BCUT2D eigenvalue weighted by Crippen LogP contribution is -2.50. The quantitative estimate of drug-likeness (QED) is 0.646. The van der Waals surface area contributed by atoms with Crippen LogP contribution in [-0.4, -0.2) is 42.5 Å². The molecule has 2 rings (SSSR count). The van der Waals surface area contributed by atoms with Crippen molar-refractivity contribution in [1.29, 1.82) is 0 Å². The number of carbonyl (C=O) groups excluding carboxylic acids is 2. The summed E-state index contributed by atoms with van der Waals surface area (Å²) in [6.45, 7) is 10.8. The average molecular weight is 411 g/mol. The van der Waals surface area contributed by atoms with Gasteiger partial charge in [0.2, 0.25) is 5.91 Å². The molecule has 2 aromatic carbocycles. The molecule has 2 amide bonds. The molecule has 1 atom stereocenters. The highest BCUT2D eigenvalue weighted by atomic mass is 16.5. The van der Waals surface area contributed by atoms with Crippen molar-refractivity contribution in [2.45, 2.75) is 47.1 Å². The zero-order chi connectivity index (χ0) is 22.1. The summed E-state index contributed by atoms with van der Waals surface area (Å²) in [4.78, 5) is 27.3. The number of benzene rings is 2. The standard InChI is InChI=1S/C25H34N2O3/c1-18(2)16-26-25(29)21(5)27(14-13-22-9-7-6-8-10-22)24(28)17-30-23-12-11-19(3)15-20(23)4/h6-12,15,18,21H,13-14,16-17H2,1-5H3,(H,26,29)/t21-/m1/s1. The molecule has 0 radical (unpaired) electrons. The summed E-state index contributed by atoms with van der Waals surface area (Å²) >= 11 is 0. The molecule has 0 saturated heterocycles. The van der Waals surface area contributed by atoms with E-state index in [-0.39, 0.29) is 18.4 Å². The van der Waals surface area contributed by atoms with Crippen LogP contribution in [0.3, 0.4) is 0 Å². The molecule has 0 aliphatic carbocycles. The van der Waals surface area contributed by atoms with Crippen molar-refractivity contribution < 1.29 is 14.3 Å². The molecule has 0 bridgehead atoms. The molecule has 0 unspecified atom stereocenters. The van der Waals surface area contributed by atoms with Gasteiger partial charge >= 0.3 is 0 Å². The number of carbonyl (C=O) groups is 2. The number of aryl methyl sites for hydroxylation is 2. The Labute approximate surface area is 180 Å². The first-order valence-electron chi connectivity index (χ1n) is 10.6. The Morgan fingerprint density at radius 1 is 1.03 bits per heavy atom. The number of amides is 2. The Morgan fingerprint density at radius 3 is 2.37 bits per heavy atom. The molecule has 0 spiro atoms. The minimum absolute atomic E-state index is 0.0967.